The van der Waals surface area contributed by atoms with Crippen LogP contribution in [-0.2, 0) is 6.42 Å². The molecule has 0 fully saturated rings. The molecular formula is C16H20N2O4. The van der Waals surface area contributed by atoms with Gasteiger partial charge in [0.05, 0.1) is 21.3 Å². The highest BCUT2D eigenvalue weighted by Crippen LogP contribution is 2.38. The number of benzene rings is 1. The van der Waals surface area contributed by atoms with Crippen LogP contribution in [0.25, 0.3) is 0 Å². The SMILES string of the molecule is COc1cc(C(=O)NCCc2cc[nH]c2)cc(OC)c1OC. The second-order valence-electron chi connectivity index (χ2n) is 4.64. The lowest BCUT2D eigenvalue weighted by molar-refractivity contribution is 0.0953. The largest absolute Gasteiger partial charge is 0.493 e. The maximum atomic E-state index is 12.2. The normalized spacial score (nSPS) is 10.1. The van der Waals surface area contributed by atoms with Crippen molar-refractivity contribution < 1.29 is 19.0 Å². The highest BCUT2D eigenvalue weighted by atomic mass is 16.5. The van der Waals surface area contributed by atoms with Gasteiger partial charge in [-0.05, 0) is 30.2 Å². The van der Waals surface area contributed by atoms with Crippen molar-refractivity contribution in [3.8, 4) is 17.2 Å². The van der Waals surface area contributed by atoms with Gasteiger partial charge in [-0.3, -0.25) is 4.79 Å². The molecule has 0 spiro atoms. The number of hydrogen-bond acceptors (Lipinski definition) is 4. The Balaban J connectivity index is 2.08. The summed E-state index contributed by atoms with van der Waals surface area (Å²) in [5, 5.41) is 2.87. The van der Waals surface area contributed by atoms with Gasteiger partial charge in [0.1, 0.15) is 0 Å². The van der Waals surface area contributed by atoms with Crippen LogP contribution in [0.1, 0.15) is 15.9 Å². The van der Waals surface area contributed by atoms with Crippen LogP contribution in [0.3, 0.4) is 0 Å². The molecule has 0 atom stereocenters. The molecule has 0 unspecified atom stereocenters. The Morgan fingerprint density at radius 3 is 2.32 bits per heavy atom. The highest BCUT2D eigenvalue weighted by Gasteiger charge is 2.16. The van der Waals surface area contributed by atoms with E-state index in [0.717, 1.165) is 12.0 Å². The minimum atomic E-state index is -0.185. The molecule has 0 bridgehead atoms. The fourth-order valence-electron chi connectivity index (χ4n) is 2.15. The van der Waals surface area contributed by atoms with Crippen LogP contribution < -0.4 is 19.5 Å². The Bertz CT molecular complexity index is 598. The molecule has 0 radical (unpaired) electrons. The van der Waals surface area contributed by atoms with Gasteiger partial charge in [0.25, 0.3) is 5.91 Å². The Labute approximate surface area is 129 Å². The van der Waals surface area contributed by atoms with Gasteiger partial charge < -0.3 is 24.5 Å². The number of ether oxygens (including phenoxy) is 3. The van der Waals surface area contributed by atoms with Crippen molar-refractivity contribution in [1.29, 1.82) is 0 Å². The molecule has 6 heteroatoms. The number of aromatic nitrogens is 1. The molecule has 0 aliphatic carbocycles. The molecule has 2 rings (SSSR count). The molecule has 1 aromatic heterocycles. The van der Waals surface area contributed by atoms with E-state index in [9.17, 15) is 4.79 Å². The quantitative estimate of drug-likeness (QED) is 0.821. The van der Waals surface area contributed by atoms with Gasteiger partial charge in [0, 0.05) is 24.5 Å². The molecule has 2 N–H and O–H groups in total. The molecule has 0 aliphatic rings. The van der Waals surface area contributed by atoms with Crippen molar-refractivity contribution in [3.63, 3.8) is 0 Å². The zero-order valence-corrected chi connectivity index (χ0v) is 12.9. The number of amides is 1. The molecule has 1 aromatic carbocycles. The Hall–Kier alpha value is -2.63. The number of hydrogen-bond donors (Lipinski definition) is 2. The van der Waals surface area contributed by atoms with E-state index in [2.05, 4.69) is 10.3 Å². The molecule has 1 heterocycles. The first-order valence-electron chi connectivity index (χ1n) is 6.89. The molecule has 22 heavy (non-hydrogen) atoms. The molecule has 0 saturated carbocycles. The standard InChI is InChI=1S/C16H20N2O4/c1-20-13-8-12(9-14(21-2)15(13)22-3)16(19)18-7-5-11-4-6-17-10-11/h4,6,8-10,17H,5,7H2,1-3H3,(H,18,19). The predicted octanol–water partition coefficient (Wildman–Crippen LogP) is 2.01. The van der Waals surface area contributed by atoms with E-state index in [1.807, 2.05) is 18.5 Å². The van der Waals surface area contributed by atoms with Crippen LogP contribution in [0, 0.1) is 0 Å². The number of H-pyrrole nitrogens is 1. The van der Waals surface area contributed by atoms with Crippen molar-refractivity contribution in [3.05, 3.63) is 41.7 Å². The maximum absolute atomic E-state index is 12.2. The van der Waals surface area contributed by atoms with Crippen molar-refractivity contribution in [1.82, 2.24) is 10.3 Å². The molecule has 0 saturated heterocycles. The summed E-state index contributed by atoms with van der Waals surface area (Å²) in [5.74, 6) is 1.19. The molecule has 2 aromatic rings. The summed E-state index contributed by atoms with van der Waals surface area (Å²) < 4.78 is 15.7. The third kappa shape index (κ3) is 3.52. The molecule has 6 nitrogen and oxygen atoms in total. The summed E-state index contributed by atoms with van der Waals surface area (Å²) in [6, 6.07) is 5.24. The number of methoxy groups -OCH3 is 3. The number of nitrogens with one attached hydrogen (secondary N) is 2. The first-order valence-corrected chi connectivity index (χ1v) is 6.89. The smallest absolute Gasteiger partial charge is 0.251 e. The van der Waals surface area contributed by atoms with Gasteiger partial charge in [-0.2, -0.15) is 0 Å². The lowest BCUT2D eigenvalue weighted by Gasteiger charge is -2.14. The van der Waals surface area contributed by atoms with E-state index >= 15 is 0 Å². The van der Waals surface area contributed by atoms with Crippen molar-refractivity contribution >= 4 is 5.91 Å². The minimum absolute atomic E-state index is 0.185. The van der Waals surface area contributed by atoms with E-state index in [-0.39, 0.29) is 5.91 Å². The van der Waals surface area contributed by atoms with Crippen LogP contribution in [0.4, 0.5) is 0 Å². The summed E-state index contributed by atoms with van der Waals surface area (Å²) in [7, 11) is 4.56. The topological polar surface area (TPSA) is 72.6 Å². The zero-order valence-electron chi connectivity index (χ0n) is 12.9. The Morgan fingerprint density at radius 2 is 1.82 bits per heavy atom. The third-order valence-corrected chi connectivity index (χ3v) is 3.29. The summed E-state index contributed by atoms with van der Waals surface area (Å²) in [5.41, 5.74) is 1.61. The van der Waals surface area contributed by atoms with E-state index in [1.54, 1.807) is 12.1 Å². The summed E-state index contributed by atoms with van der Waals surface area (Å²) in [6.07, 6.45) is 4.53. The van der Waals surface area contributed by atoms with E-state index in [4.69, 9.17) is 14.2 Å². The lowest BCUT2D eigenvalue weighted by atomic mass is 10.1. The predicted molar refractivity (Wildman–Crippen MR) is 82.9 cm³/mol. The average molecular weight is 304 g/mol. The average Bonchev–Trinajstić information content (AvgIpc) is 3.06. The fourth-order valence-corrected chi connectivity index (χ4v) is 2.15. The van der Waals surface area contributed by atoms with Crippen LogP contribution in [0.15, 0.2) is 30.6 Å². The fraction of sp³-hybridized carbons (Fsp3) is 0.312. The van der Waals surface area contributed by atoms with Gasteiger partial charge in [-0.1, -0.05) is 0 Å². The molecule has 0 aliphatic heterocycles. The van der Waals surface area contributed by atoms with Crippen LogP contribution >= 0.6 is 0 Å². The first-order chi connectivity index (χ1) is 10.7. The third-order valence-electron chi connectivity index (χ3n) is 3.29. The van der Waals surface area contributed by atoms with Crippen LogP contribution in [-0.4, -0.2) is 38.8 Å². The Kier molecular flexibility index (Phi) is 5.30. The van der Waals surface area contributed by atoms with Crippen molar-refractivity contribution in [2.24, 2.45) is 0 Å². The Morgan fingerprint density at radius 1 is 1.14 bits per heavy atom. The van der Waals surface area contributed by atoms with Crippen molar-refractivity contribution in [2.75, 3.05) is 27.9 Å². The first kappa shape index (κ1) is 15.8. The van der Waals surface area contributed by atoms with Crippen molar-refractivity contribution in [2.45, 2.75) is 6.42 Å². The van der Waals surface area contributed by atoms with Gasteiger partial charge in [0.2, 0.25) is 5.75 Å². The van der Waals surface area contributed by atoms with Crippen LogP contribution in [0.5, 0.6) is 17.2 Å². The summed E-state index contributed by atoms with van der Waals surface area (Å²) in [6.45, 7) is 0.549. The zero-order chi connectivity index (χ0) is 15.9. The van der Waals surface area contributed by atoms with Crippen LogP contribution in [0.2, 0.25) is 0 Å². The van der Waals surface area contributed by atoms with E-state index in [1.165, 1.54) is 21.3 Å². The molecule has 1 amide bonds. The monoisotopic (exact) mass is 304 g/mol. The maximum Gasteiger partial charge on any atom is 0.251 e. The van der Waals surface area contributed by atoms with E-state index < -0.39 is 0 Å². The highest BCUT2D eigenvalue weighted by molar-refractivity contribution is 5.95. The van der Waals surface area contributed by atoms with Gasteiger partial charge in [-0.25, -0.2) is 0 Å². The summed E-state index contributed by atoms with van der Waals surface area (Å²) >= 11 is 0. The second-order valence-corrected chi connectivity index (χ2v) is 4.64. The second kappa shape index (κ2) is 7.40. The van der Waals surface area contributed by atoms with Gasteiger partial charge in [0.15, 0.2) is 11.5 Å². The number of aromatic amines is 1. The van der Waals surface area contributed by atoms with Gasteiger partial charge >= 0.3 is 0 Å². The summed E-state index contributed by atoms with van der Waals surface area (Å²) in [4.78, 5) is 15.2. The molecule has 118 valence electrons. The van der Waals surface area contributed by atoms with E-state index in [0.29, 0.717) is 29.4 Å². The van der Waals surface area contributed by atoms with Gasteiger partial charge in [-0.15, -0.1) is 0 Å². The minimum Gasteiger partial charge on any atom is -0.493 e. The molecular weight excluding hydrogens is 284 g/mol. The lowest BCUT2D eigenvalue weighted by Crippen LogP contribution is -2.25. The number of carbonyl (C=O) groups is 1. The number of rotatable bonds is 7. The number of carbonyl (C=O) groups excluding carboxylic acids is 1.